The lowest BCUT2D eigenvalue weighted by molar-refractivity contribution is -0.115. The Morgan fingerprint density at radius 3 is 2.24 bits per heavy atom. The number of hydrogen-bond donors (Lipinski definition) is 1. The second-order valence-corrected chi connectivity index (χ2v) is 12.0. The molecule has 0 aliphatic carbocycles. The number of sulfonamides is 1. The molecule has 3 aromatic rings. The smallest absolute Gasteiger partial charge is 0.261 e. The molecule has 1 fully saturated rings. The highest BCUT2D eigenvalue weighted by atomic mass is 32.2. The number of carbonyl (C=O) groups excluding carboxylic acids is 1. The second-order valence-electron chi connectivity index (χ2n) is 9.27. The summed E-state index contributed by atoms with van der Waals surface area (Å²) in [6, 6.07) is 22.1. The highest BCUT2D eigenvalue weighted by Gasteiger charge is 2.34. The van der Waals surface area contributed by atoms with E-state index in [2.05, 4.69) is 25.5 Å². The van der Waals surface area contributed by atoms with Crippen LogP contribution in [0.3, 0.4) is 0 Å². The van der Waals surface area contributed by atoms with E-state index in [1.807, 2.05) is 60.4 Å². The molecule has 0 bridgehead atoms. The fourth-order valence-electron chi connectivity index (χ4n) is 3.79. The average molecular weight is 481 g/mol. The van der Waals surface area contributed by atoms with Gasteiger partial charge in [0, 0.05) is 11.4 Å². The summed E-state index contributed by atoms with van der Waals surface area (Å²) in [6.07, 6.45) is 0. The molecule has 1 atom stereocenters. The minimum absolute atomic E-state index is 0.0441. The standard InChI is InChI=1S/C26H28N2O3S2/c1-18-6-5-7-22(16-18)28-24(29)17-32-25(28)19-8-12-21(13-9-19)27-33(30,31)23-14-10-20(11-15-23)26(2,3)4/h5-16,25,27H,17H2,1-4H3/t25-/m0/s1. The molecular formula is C26H28N2O3S2. The minimum Gasteiger partial charge on any atom is -0.295 e. The third-order valence-electron chi connectivity index (χ3n) is 5.63. The Labute approximate surface area is 200 Å². The van der Waals surface area contributed by atoms with E-state index in [-0.39, 0.29) is 21.6 Å². The van der Waals surface area contributed by atoms with Crippen molar-refractivity contribution in [2.75, 3.05) is 15.4 Å². The normalized spacial score (nSPS) is 16.8. The topological polar surface area (TPSA) is 66.5 Å². The largest absolute Gasteiger partial charge is 0.295 e. The van der Waals surface area contributed by atoms with E-state index in [9.17, 15) is 13.2 Å². The summed E-state index contributed by atoms with van der Waals surface area (Å²) in [5.41, 5.74) is 4.43. The predicted octanol–water partition coefficient (Wildman–Crippen LogP) is 5.87. The summed E-state index contributed by atoms with van der Waals surface area (Å²) in [5, 5.41) is -0.144. The van der Waals surface area contributed by atoms with Crippen LogP contribution in [0.1, 0.15) is 42.8 Å². The second kappa shape index (κ2) is 8.88. The average Bonchev–Trinajstić information content (AvgIpc) is 3.15. The highest BCUT2D eigenvalue weighted by Crippen LogP contribution is 2.42. The molecule has 0 saturated carbocycles. The first-order valence-corrected chi connectivity index (χ1v) is 13.3. The zero-order chi connectivity index (χ0) is 23.8. The van der Waals surface area contributed by atoms with Gasteiger partial charge in [-0.25, -0.2) is 8.42 Å². The van der Waals surface area contributed by atoms with Crippen LogP contribution < -0.4 is 9.62 Å². The zero-order valence-corrected chi connectivity index (χ0v) is 20.8. The number of carbonyl (C=O) groups is 1. The maximum Gasteiger partial charge on any atom is 0.261 e. The van der Waals surface area contributed by atoms with Gasteiger partial charge in [0.05, 0.1) is 10.6 Å². The molecule has 7 heteroatoms. The van der Waals surface area contributed by atoms with Crippen LogP contribution in [0, 0.1) is 6.92 Å². The van der Waals surface area contributed by atoms with Crippen molar-refractivity contribution in [3.8, 4) is 0 Å². The van der Waals surface area contributed by atoms with Crippen molar-refractivity contribution in [2.24, 2.45) is 0 Å². The number of aryl methyl sites for hydroxylation is 1. The molecule has 0 unspecified atom stereocenters. The van der Waals surface area contributed by atoms with Crippen LogP contribution in [-0.2, 0) is 20.2 Å². The number of amides is 1. The Balaban J connectivity index is 1.53. The third kappa shape index (κ3) is 5.09. The quantitative estimate of drug-likeness (QED) is 0.496. The Kier molecular flexibility index (Phi) is 6.29. The van der Waals surface area contributed by atoms with Crippen LogP contribution >= 0.6 is 11.8 Å². The first-order chi connectivity index (χ1) is 15.5. The monoisotopic (exact) mass is 480 g/mol. The molecule has 4 rings (SSSR count). The molecule has 5 nitrogen and oxygen atoms in total. The number of nitrogens with one attached hydrogen (secondary N) is 1. The summed E-state index contributed by atoms with van der Waals surface area (Å²) in [5.74, 6) is 0.483. The Morgan fingerprint density at radius 1 is 0.970 bits per heavy atom. The van der Waals surface area contributed by atoms with Gasteiger partial charge >= 0.3 is 0 Å². The lowest BCUT2D eigenvalue weighted by atomic mass is 9.87. The van der Waals surface area contributed by atoms with Crippen LogP contribution in [0.2, 0.25) is 0 Å². The molecular weight excluding hydrogens is 452 g/mol. The maximum atomic E-state index is 12.8. The molecule has 1 aliphatic rings. The highest BCUT2D eigenvalue weighted by molar-refractivity contribution is 8.00. The van der Waals surface area contributed by atoms with Gasteiger partial charge in [-0.15, -0.1) is 11.8 Å². The molecule has 0 aromatic heterocycles. The molecule has 3 aromatic carbocycles. The third-order valence-corrected chi connectivity index (χ3v) is 8.24. The number of benzene rings is 3. The molecule has 1 aliphatic heterocycles. The van der Waals surface area contributed by atoms with E-state index in [1.165, 1.54) is 0 Å². The van der Waals surface area contributed by atoms with E-state index in [0.29, 0.717) is 11.4 Å². The molecule has 1 N–H and O–H groups in total. The summed E-state index contributed by atoms with van der Waals surface area (Å²) in [6.45, 7) is 8.27. The number of anilines is 2. The van der Waals surface area contributed by atoms with Crippen molar-refractivity contribution in [3.05, 3.63) is 89.5 Å². The molecule has 0 spiro atoms. The van der Waals surface area contributed by atoms with E-state index < -0.39 is 10.0 Å². The van der Waals surface area contributed by atoms with Gasteiger partial charge in [-0.1, -0.05) is 57.2 Å². The number of rotatable bonds is 5. The SMILES string of the molecule is Cc1cccc(N2C(=O)CS[C@H]2c2ccc(NS(=O)(=O)c3ccc(C(C)(C)C)cc3)cc2)c1. The van der Waals surface area contributed by atoms with E-state index in [1.54, 1.807) is 36.0 Å². The molecule has 1 amide bonds. The van der Waals surface area contributed by atoms with E-state index >= 15 is 0 Å². The molecule has 1 saturated heterocycles. The molecule has 0 radical (unpaired) electrons. The van der Waals surface area contributed by atoms with Gasteiger partial charge in [0.2, 0.25) is 5.91 Å². The fraction of sp³-hybridized carbons (Fsp3) is 0.269. The van der Waals surface area contributed by atoms with Gasteiger partial charge in [-0.2, -0.15) is 0 Å². The summed E-state index contributed by atoms with van der Waals surface area (Å²) < 4.78 is 28.3. The number of thioether (sulfide) groups is 1. The molecule has 1 heterocycles. The fourth-order valence-corrected chi connectivity index (χ4v) is 6.03. The lowest BCUT2D eigenvalue weighted by Gasteiger charge is -2.25. The number of hydrogen-bond acceptors (Lipinski definition) is 4. The zero-order valence-electron chi connectivity index (χ0n) is 19.2. The van der Waals surface area contributed by atoms with Crippen molar-refractivity contribution < 1.29 is 13.2 Å². The van der Waals surface area contributed by atoms with Crippen LogP contribution in [0.25, 0.3) is 0 Å². The number of nitrogens with zero attached hydrogens (tertiary/aromatic N) is 1. The Hall–Kier alpha value is -2.77. The van der Waals surface area contributed by atoms with Crippen LogP contribution in [0.15, 0.2) is 77.7 Å². The van der Waals surface area contributed by atoms with Crippen LogP contribution in [0.4, 0.5) is 11.4 Å². The maximum absolute atomic E-state index is 12.8. The van der Waals surface area contributed by atoms with Crippen molar-refractivity contribution in [3.63, 3.8) is 0 Å². The van der Waals surface area contributed by atoms with Crippen molar-refractivity contribution in [1.29, 1.82) is 0 Å². The van der Waals surface area contributed by atoms with Crippen LogP contribution in [0.5, 0.6) is 0 Å². The van der Waals surface area contributed by atoms with Crippen molar-refractivity contribution in [1.82, 2.24) is 0 Å². The van der Waals surface area contributed by atoms with Gasteiger partial charge in [-0.05, 0) is 65.4 Å². The summed E-state index contributed by atoms with van der Waals surface area (Å²) in [4.78, 5) is 14.6. The van der Waals surface area contributed by atoms with Crippen LogP contribution in [-0.4, -0.2) is 20.1 Å². The first-order valence-electron chi connectivity index (χ1n) is 10.8. The summed E-state index contributed by atoms with van der Waals surface area (Å²) in [7, 11) is -3.69. The van der Waals surface area contributed by atoms with Gasteiger partial charge in [0.25, 0.3) is 10.0 Å². The van der Waals surface area contributed by atoms with Gasteiger partial charge in [0.1, 0.15) is 5.37 Å². The molecule has 172 valence electrons. The van der Waals surface area contributed by atoms with Gasteiger partial charge in [-0.3, -0.25) is 14.4 Å². The lowest BCUT2D eigenvalue weighted by Crippen LogP contribution is -2.27. The van der Waals surface area contributed by atoms with Crippen molar-refractivity contribution >= 4 is 39.1 Å². The minimum atomic E-state index is -3.69. The van der Waals surface area contributed by atoms with E-state index in [4.69, 9.17) is 0 Å². The molecule has 33 heavy (non-hydrogen) atoms. The predicted molar refractivity (Wildman–Crippen MR) is 136 cm³/mol. The first kappa shape index (κ1) is 23.4. The Morgan fingerprint density at radius 2 is 1.64 bits per heavy atom. The van der Waals surface area contributed by atoms with Gasteiger partial charge in [0.15, 0.2) is 0 Å². The van der Waals surface area contributed by atoms with Gasteiger partial charge < -0.3 is 0 Å². The van der Waals surface area contributed by atoms with Crippen molar-refractivity contribution in [2.45, 2.75) is 43.4 Å². The van der Waals surface area contributed by atoms with E-state index in [0.717, 1.165) is 22.4 Å². The summed E-state index contributed by atoms with van der Waals surface area (Å²) >= 11 is 1.57. The Bertz CT molecular complexity index is 1260.